The molecule has 23 heavy (non-hydrogen) atoms. The smallest absolute Gasteiger partial charge is 0.281 e. The van der Waals surface area contributed by atoms with Crippen molar-refractivity contribution in [1.29, 1.82) is 0 Å². The van der Waals surface area contributed by atoms with Gasteiger partial charge in [-0.2, -0.15) is 0 Å². The van der Waals surface area contributed by atoms with Gasteiger partial charge in [-0.1, -0.05) is 6.58 Å². The molecule has 2 rings (SSSR count). The van der Waals surface area contributed by atoms with Crippen molar-refractivity contribution in [3.8, 4) is 5.69 Å². The van der Waals surface area contributed by atoms with Crippen LogP contribution in [-0.4, -0.2) is 28.8 Å². The molecule has 0 radical (unpaired) electrons. The standard InChI is InChI=1S/C14H12F5N3O/c1-5-7(6(2)21(3)4)14(23)22(20-5)13-11(18)9(16)8(15)10(17)12(13)19/h20H,1H2,2-4H3/b7-6-. The minimum atomic E-state index is -2.30. The summed E-state index contributed by atoms with van der Waals surface area (Å²) in [7, 11) is 3.23. The zero-order chi connectivity index (χ0) is 17.6. The van der Waals surface area contributed by atoms with E-state index >= 15 is 0 Å². The number of halogens is 5. The SMILES string of the molecule is C=c1[nH]n(-c2c(F)c(F)c(F)c(F)c2F)c(=O)/c1=C(/C)N(C)C. The maximum Gasteiger partial charge on any atom is 0.281 e. The molecule has 0 aliphatic carbocycles. The number of hydrogen-bond acceptors (Lipinski definition) is 2. The van der Waals surface area contributed by atoms with Crippen LogP contribution < -0.4 is 16.1 Å². The van der Waals surface area contributed by atoms with Gasteiger partial charge in [-0.25, -0.2) is 26.6 Å². The first kappa shape index (κ1) is 16.8. The van der Waals surface area contributed by atoms with Gasteiger partial charge in [0, 0.05) is 19.8 Å². The van der Waals surface area contributed by atoms with Gasteiger partial charge >= 0.3 is 0 Å². The number of hydrogen-bond donors (Lipinski definition) is 1. The molecular weight excluding hydrogens is 321 g/mol. The molecule has 0 spiro atoms. The molecule has 0 fully saturated rings. The Labute approximate surface area is 126 Å². The quantitative estimate of drug-likeness (QED) is 0.505. The maximum absolute atomic E-state index is 13.8. The summed E-state index contributed by atoms with van der Waals surface area (Å²) in [4.78, 5) is 13.9. The van der Waals surface area contributed by atoms with Crippen LogP contribution in [0.15, 0.2) is 4.79 Å². The van der Waals surface area contributed by atoms with Crippen molar-refractivity contribution in [2.45, 2.75) is 6.92 Å². The van der Waals surface area contributed by atoms with Crippen LogP contribution in [0.1, 0.15) is 6.92 Å². The van der Waals surface area contributed by atoms with Gasteiger partial charge < -0.3 is 4.90 Å². The lowest BCUT2D eigenvalue weighted by Crippen LogP contribution is -2.39. The predicted octanol–water partition coefficient (Wildman–Crippen LogP) is 0.961. The number of nitrogens with zero attached hydrogens (tertiary/aromatic N) is 2. The normalized spacial score (nSPS) is 12.5. The van der Waals surface area contributed by atoms with Crippen LogP contribution in [0.4, 0.5) is 22.0 Å². The minimum Gasteiger partial charge on any atom is -0.380 e. The van der Waals surface area contributed by atoms with Crippen molar-refractivity contribution >= 4 is 12.3 Å². The molecule has 9 heteroatoms. The molecule has 2 aromatic rings. The summed E-state index contributed by atoms with van der Waals surface area (Å²) < 4.78 is 67.6. The molecule has 1 N–H and O–H groups in total. The first-order chi connectivity index (χ1) is 10.6. The van der Waals surface area contributed by atoms with E-state index in [1.54, 1.807) is 25.9 Å². The molecule has 124 valence electrons. The van der Waals surface area contributed by atoms with E-state index in [4.69, 9.17) is 0 Å². The lowest BCUT2D eigenvalue weighted by molar-refractivity contribution is 0.373. The van der Waals surface area contributed by atoms with E-state index in [2.05, 4.69) is 11.7 Å². The first-order valence-corrected chi connectivity index (χ1v) is 6.29. The molecule has 1 heterocycles. The number of aromatic amines is 1. The number of nitrogens with one attached hydrogen (secondary N) is 1. The van der Waals surface area contributed by atoms with E-state index in [0.717, 1.165) is 0 Å². The molecule has 0 unspecified atom stereocenters. The van der Waals surface area contributed by atoms with Gasteiger partial charge in [-0.3, -0.25) is 9.89 Å². The molecule has 0 aliphatic heterocycles. The number of rotatable bonds is 2. The highest BCUT2D eigenvalue weighted by Crippen LogP contribution is 2.24. The Hall–Kier alpha value is -2.58. The molecule has 4 nitrogen and oxygen atoms in total. The largest absolute Gasteiger partial charge is 0.380 e. The topological polar surface area (TPSA) is 41.0 Å². The lowest BCUT2D eigenvalue weighted by atomic mass is 10.2. The van der Waals surface area contributed by atoms with E-state index in [1.165, 1.54) is 0 Å². The predicted molar refractivity (Wildman–Crippen MR) is 73.7 cm³/mol. The highest BCUT2D eigenvalue weighted by atomic mass is 19.2. The van der Waals surface area contributed by atoms with E-state index in [0.29, 0.717) is 5.70 Å². The second-order valence-corrected chi connectivity index (χ2v) is 5.00. The highest BCUT2D eigenvalue weighted by Gasteiger charge is 2.28. The Morgan fingerprint density at radius 1 is 1.00 bits per heavy atom. The third-order valence-corrected chi connectivity index (χ3v) is 3.41. The second kappa shape index (κ2) is 5.56. The fraction of sp³-hybridized carbons (Fsp3) is 0.214. The lowest BCUT2D eigenvalue weighted by Gasteiger charge is -2.10. The monoisotopic (exact) mass is 333 g/mol. The summed E-state index contributed by atoms with van der Waals surface area (Å²) in [5, 5.41) is 2.18. The molecule has 0 amide bonds. The van der Waals surface area contributed by atoms with Crippen LogP contribution in [0.25, 0.3) is 18.0 Å². The van der Waals surface area contributed by atoms with Crippen molar-refractivity contribution < 1.29 is 22.0 Å². The van der Waals surface area contributed by atoms with Crippen LogP contribution in [0.3, 0.4) is 0 Å². The van der Waals surface area contributed by atoms with Crippen molar-refractivity contribution in [2.24, 2.45) is 0 Å². The zero-order valence-corrected chi connectivity index (χ0v) is 12.4. The molecule has 0 bridgehead atoms. The van der Waals surface area contributed by atoms with Gasteiger partial charge in [0.15, 0.2) is 23.3 Å². The van der Waals surface area contributed by atoms with Crippen molar-refractivity contribution in [3.63, 3.8) is 0 Å². The third kappa shape index (κ3) is 2.41. The summed E-state index contributed by atoms with van der Waals surface area (Å²) in [6.07, 6.45) is 0. The van der Waals surface area contributed by atoms with Crippen LogP contribution in [0.2, 0.25) is 0 Å². The average molecular weight is 333 g/mol. The number of benzene rings is 1. The Balaban J connectivity index is 2.99. The van der Waals surface area contributed by atoms with Crippen molar-refractivity contribution in [1.82, 2.24) is 14.7 Å². The number of aromatic nitrogens is 2. The van der Waals surface area contributed by atoms with Gasteiger partial charge in [-0.05, 0) is 6.92 Å². The van der Waals surface area contributed by atoms with Crippen LogP contribution >= 0.6 is 0 Å². The Kier molecular flexibility index (Phi) is 4.06. The molecule has 0 saturated carbocycles. The second-order valence-electron chi connectivity index (χ2n) is 5.00. The van der Waals surface area contributed by atoms with E-state index < -0.39 is 40.3 Å². The Bertz CT molecular complexity index is 929. The first-order valence-electron chi connectivity index (χ1n) is 6.29. The Morgan fingerprint density at radius 2 is 1.43 bits per heavy atom. The molecule has 1 aromatic heterocycles. The average Bonchev–Trinajstić information content (AvgIpc) is 2.77. The van der Waals surface area contributed by atoms with E-state index in [1.807, 2.05) is 0 Å². The van der Waals surface area contributed by atoms with Crippen LogP contribution in [0.5, 0.6) is 0 Å². The van der Waals surface area contributed by atoms with Gasteiger partial charge in [0.2, 0.25) is 5.82 Å². The molecule has 0 saturated heterocycles. The van der Waals surface area contributed by atoms with Crippen LogP contribution in [0, 0.1) is 29.1 Å². The Morgan fingerprint density at radius 3 is 1.87 bits per heavy atom. The molecule has 0 aliphatic rings. The summed E-state index contributed by atoms with van der Waals surface area (Å²) in [5.74, 6) is -10.8. The molecule has 0 atom stereocenters. The minimum absolute atomic E-state index is 0.0230. The van der Waals surface area contributed by atoms with Gasteiger partial charge in [0.25, 0.3) is 5.56 Å². The van der Waals surface area contributed by atoms with Gasteiger partial charge in [0.05, 0.1) is 10.6 Å². The molecular formula is C14H12F5N3O. The summed E-state index contributed by atoms with van der Waals surface area (Å²) in [5.41, 5.74) is -1.96. The van der Waals surface area contributed by atoms with Crippen molar-refractivity contribution in [3.05, 3.63) is 50.0 Å². The highest BCUT2D eigenvalue weighted by molar-refractivity contribution is 5.41. The summed E-state index contributed by atoms with van der Waals surface area (Å²) >= 11 is 0. The summed E-state index contributed by atoms with van der Waals surface area (Å²) in [6, 6.07) is 0. The number of H-pyrrole nitrogens is 1. The van der Waals surface area contributed by atoms with Crippen LogP contribution in [-0.2, 0) is 0 Å². The van der Waals surface area contributed by atoms with E-state index in [-0.39, 0.29) is 15.2 Å². The van der Waals surface area contributed by atoms with Crippen molar-refractivity contribution in [2.75, 3.05) is 14.1 Å². The molecule has 1 aromatic carbocycles. The fourth-order valence-electron chi connectivity index (χ4n) is 2.03. The third-order valence-electron chi connectivity index (χ3n) is 3.41. The maximum atomic E-state index is 13.8. The zero-order valence-electron chi connectivity index (χ0n) is 12.4. The fourth-order valence-corrected chi connectivity index (χ4v) is 2.03. The van der Waals surface area contributed by atoms with Gasteiger partial charge in [0.1, 0.15) is 5.69 Å². The van der Waals surface area contributed by atoms with E-state index in [9.17, 15) is 26.7 Å². The van der Waals surface area contributed by atoms with Gasteiger partial charge in [-0.15, -0.1) is 0 Å². The summed E-state index contributed by atoms with van der Waals surface area (Å²) in [6.45, 7) is 5.07.